The summed E-state index contributed by atoms with van der Waals surface area (Å²) in [6.07, 6.45) is 7.55. The second-order valence-electron chi connectivity index (χ2n) is 6.31. The van der Waals surface area contributed by atoms with Gasteiger partial charge in [-0.1, -0.05) is 0 Å². The maximum atomic E-state index is 12.3. The van der Waals surface area contributed by atoms with E-state index in [9.17, 15) is 4.79 Å². The zero-order valence-corrected chi connectivity index (χ0v) is 12.6. The Balaban J connectivity index is 1.82. The van der Waals surface area contributed by atoms with Gasteiger partial charge < -0.3 is 14.7 Å². The summed E-state index contributed by atoms with van der Waals surface area (Å²) in [6.45, 7) is 5.23. The number of piperidine rings is 1. The van der Waals surface area contributed by atoms with E-state index in [1.54, 1.807) is 0 Å². The van der Waals surface area contributed by atoms with Gasteiger partial charge in [0.05, 0.1) is 6.54 Å². The maximum absolute atomic E-state index is 12.3. The molecule has 0 aromatic carbocycles. The molecule has 2 fully saturated rings. The summed E-state index contributed by atoms with van der Waals surface area (Å²) in [6, 6.07) is 0.488. The van der Waals surface area contributed by atoms with Crippen molar-refractivity contribution in [2.24, 2.45) is 0 Å². The average Bonchev–Trinajstić information content (AvgIpc) is 2.89. The van der Waals surface area contributed by atoms with Crippen molar-refractivity contribution in [3.05, 3.63) is 0 Å². The quantitative estimate of drug-likeness (QED) is 0.753. The van der Waals surface area contributed by atoms with Gasteiger partial charge in [0.25, 0.3) is 0 Å². The van der Waals surface area contributed by atoms with Crippen LogP contribution in [0.15, 0.2) is 0 Å². The van der Waals surface area contributed by atoms with Crippen molar-refractivity contribution >= 4 is 5.91 Å². The molecule has 0 spiro atoms. The van der Waals surface area contributed by atoms with Gasteiger partial charge in [-0.05, 0) is 65.7 Å². The fraction of sp³-hybridized carbons (Fsp3) is 0.933. The third-order valence-corrected chi connectivity index (χ3v) is 4.38. The number of likely N-dealkylation sites (tertiary alicyclic amines) is 2. The molecule has 2 saturated heterocycles. The Labute approximate surface area is 117 Å². The van der Waals surface area contributed by atoms with E-state index in [0.29, 0.717) is 18.5 Å². The van der Waals surface area contributed by atoms with Crippen molar-refractivity contribution in [1.29, 1.82) is 0 Å². The lowest BCUT2D eigenvalue weighted by molar-refractivity contribution is -0.135. The van der Waals surface area contributed by atoms with Gasteiger partial charge in [-0.3, -0.25) is 4.79 Å². The van der Waals surface area contributed by atoms with Crippen LogP contribution < -0.4 is 0 Å². The van der Waals surface area contributed by atoms with Crippen LogP contribution >= 0.6 is 0 Å². The van der Waals surface area contributed by atoms with E-state index >= 15 is 0 Å². The summed E-state index contributed by atoms with van der Waals surface area (Å²) in [4.78, 5) is 19.0. The molecule has 110 valence electrons. The molecular formula is C15H29N3O. The lowest BCUT2D eigenvalue weighted by Crippen LogP contribution is -2.48. The van der Waals surface area contributed by atoms with Crippen LogP contribution in [0.4, 0.5) is 0 Å². The third kappa shape index (κ3) is 4.46. The van der Waals surface area contributed by atoms with Gasteiger partial charge in [-0.2, -0.15) is 0 Å². The normalized spacial score (nSPS) is 25.2. The fourth-order valence-electron chi connectivity index (χ4n) is 3.33. The molecule has 0 bridgehead atoms. The molecule has 2 aliphatic rings. The average molecular weight is 267 g/mol. The van der Waals surface area contributed by atoms with Crippen LogP contribution in [0.1, 0.15) is 38.5 Å². The number of carbonyl (C=O) groups is 1. The van der Waals surface area contributed by atoms with E-state index < -0.39 is 0 Å². The van der Waals surface area contributed by atoms with Crippen LogP contribution in [0.5, 0.6) is 0 Å². The lowest BCUT2D eigenvalue weighted by Gasteiger charge is -2.37. The van der Waals surface area contributed by atoms with Crippen molar-refractivity contribution in [1.82, 2.24) is 14.7 Å². The number of hydrogen-bond acceptors (Lipinski definition) is 3. The second-order valence-corrected chi connectivity index (χ2v) is 6.31. The van der Waals surface area contributed by atoms with Gasteiger partial charge >= 0.3 is 0 Å². The van der Waals surface area contributed by atoms with Gasteiger partial charge in [0.15, 0.2) is 0 Å². The summed E-state index contributed by atoms with van der Waals surface area (Å²) in [5.41, 5.74) is 0. The highest BCUT2D eigenvalue weighted by atomic mass is 16.2. The maximum Gasteiger partial charge on any atom is 0.236 e. The number of nitrogens with zero attached hydrogens (tertiary/aromatic N) is 3. The molecule has 0 aromatic rings. The number of amides is 1. The zero-order valence-electron chi connectivity index (χ0n) is 12.6. The molecule has 0 aromatic heterocycles. The van der Waals surface area contributed by atoms with Gasteiger partial charge in [-0.25, -0.2) is 0 Å². The van der Waals surface area contributed by atoms with E-state index in [0.717, 1.165) is 6.54 Å². The number of rotatable bonds is 5. The molecule has 1 amide bonds. The Bertz CT molecular complexity index is 287. The molecule has 0 radical (unpaired) electrons. The fourth-order valence-corrected chi connectivity index (χ4v) is 3.33. The highest BCUT2D eigenvalue weighted by Gasteiger charge is 2.27. The smallest absolute Gasteiger partial charge is 0.236 e. The van der Waals surface area contributed by atoms with Crippen LogP contribution in [-0.2, 0) is 4.79 Å². The van der Waals surface area contributed by atoms with Crippen LogP contribution in [-0.4, -0.2) is 73.5 Å². The summed E-state index contributed by atoms with van der Waals surface area (Å²) in [7, 11) is 3.95. The number of likely N-dealkylation sites (N-methyl/N-ethyl adjacent to an activating group) is 1. The Kier molecular flexibility index (Phi) is 5.64. The summed E-state index contributed by atoms with van der Waals surface area (Å²) in [5.74, 6) is 0.316. The summed E-state index contributed by atoms with van der Waals surface area (Å²) < 4.78 is 0. The predicted octanol–water partition coefficient (Wildman–Crippen LogP) is 1.42. The summed E-state index contributed by atoms with van der Waals surface area (Å²) >= 11 is 0. The topological polar surface area (TPSA) is 26.8 Å². The van der Waals surface area contributed by atoms with E-state index in [2.05, 4.69) is 9.80 Å². The first kappa shape index (κ1) is 14.8. The largest absolute Gasteiger partial charge is 0.339 e. The molecule has 4 heteroatoms. The molecule has 0 saturated carbocycles. The SMILES string of the molecule is CN(C)CC(=O)N1CCCCC1CCN1CCCC1. The highest BCUT2D eigenvalue weighted by molar-refractivity contribution is 5.78. The molecule has 2 aliphatic heterocycles. The summed E-state index contributed by atoms with van der Waals surface area (Å²) in [5, 5.41) is 0. The van der Waals surface area contributed by atoms with Gasteiger partial charge in [-0.15, -0.1) is 0 Å². The standard InChI is InChI=1S/C15H29N3O/c1-16(2)13-15(19)18-11-4-3-7-14(18)8-12-17-9-5-6-10-17/h14H,3-13H2,1-2H3. The van der Waals surface area contributed by atoms with Crippen molar-refractivity contribution in [3.63, 3.8) is 0 Å². The molecule has 4 nitrogen and oxygen atoms in total. The van der Waals surface area contributed by atoms with Crippen LogP contribution in [0, 0.1) is 0 Å². The number of hydrogen-bond donors (Lipinski definition) is 0. The minimum atomic E-state index is 0.316. The molecular weight excluding hydrogens is 238 g/mol. The predicted molar refractivity (Wildman–Crippen MR) is 78.2 cm³/mol. The first-order chi connectivity index (χ1) is 9.16. The van der Waals surface area contributed by atoms with Crippen LogP contribution in [0.3, 0.4) is 0 Å². The first-order valence-corrected chi connectivity index (χ1v) is 7.83. The molecule has 19 heavy (non-hydrogen) atoms. The van der Waals surface area contributed by atoms with Crippen LogP contribution in [0.2, 0.25) is 0 Å². The van der Waals surface area contributed by atoms with E-state index in [4.69, 9.17) is 0 Å². The van der Waals surface area contributed by atoms with Gasteiger partial charge in [0.2, 0.25) is 5.91 Å². The Morgan fingerprint density at radius 1 is 1.11 bits per heavy atom. The van der Waals surface area contributed by atoms with Crippen molar-refractivity contribution < 1.29 is 4.79 Å². The Hall–Kier alpha value is -0.610. The van der Waals surface area contributed by atoms with E-state index in [1.165, 1.54) is 58.2 Å². The van der Waals surface area contributed by atoms with Crippen molar-refractivity contribution in [2.45, 2.75) is 44.6 Å². The molecule has 1 unspecified atom stereocenters. The Morgan fingerprint density at radius 3 is 2.47 bits per heavy atom. The molecule has 0 N–H and O–H groups in total. The number of carbonyl (C=O) groups excluding carboxylic acids is 1. The molecule has 0 aliphatic carbocycles. The van der Waals surface area contributed by atoms with Gasteiger partial charge in [0.1, 0.15) is 0 Å². The second kappa shape index (κ2) is 7.25. The van der Waals surface area contributed by atoms with Crippen molar-refractivity contribution in [2.75, 3.05) is 46.8 Å². The molecule has 1 atom stereocenters. The van der Waals surface area contributed by atoms with E-state index in [1.807, 2.05) is 19.0 Å². The zero-order chi connectivity index (χ0) is 13.7. The lowest BCUT2D eigenvalue weighted by atomic mass is 9.99. The Morgan fingerprint density at radius 2 is 1.79 bits per heavy atom. The minimum Gasteiger partial charge on any atom is -0.339 e. The van der Waals surface area contributed by atoms with Crippen LogP contribution in [0.25, 0.3) is 0 Å². The van der Waals surface area contributed by atoms with Gasteiger partial charge in [0, 0.05) is 19.1 Å². The third-order valence-electron chi connectivity index (χ3n) is 4.38. The molecule has 2 rings (SSSR count). The monoisotopic (exact) mass is 267 g/mol. The minimum absolute atomic E-state index is 0.316. The van der Waals surface area contributed by atoms with Crippen molar-refractivity contribution in [3.8, 4) is 0 Å². The molecule has 2 heterocycles. The highest BCUT2D eigenvalue weighted by Crippen LogP contribution is 2.21. The first-order valence-electron chi connectivity index (χ1n) is 7.83. The van der Waals surface area contributed by atoms with E-state index in [-0.39, 0.29) is 0 Å².